The van der Waals surface area contributed by atoms with E-state index < -0.39 is 0 Å². The molecular weight excluding hydrogens is 266 g/mol. The number of thiophene rings is 1. The highest BCUT2D eigenvalue weighted by atomic mass is 32.2. The molecule has 0 fully saturated rings. The molecule has 18 heavy (non-hydrogen) atoms. The topological polar surface area (TPSA) is 38.3 Å². The van der Waals surface area contributed by atoms with Crippen LogP contribution in [-0.2, 0) is 6.54 Å². The van der Waals surface area contributed by atoms with Crippen LogP contribution in [0.1, 0.15) is 15.2 Å². The first kappa shape index (κ1) is 13.0. The Bertz CT molecular complexity index is 551. The monoisotopic (exact) mass is 279 g/mol. The summed E-state index contributed by atoms with van der Waals surface area (Å²) >= 11 is 5.79. The Kier molecular flexibility index (Phi) is 4.28. The molecule has 0 bridgehead atoms. The van der Waals surface area contributed by atoms with Gasteiger partial charge in [0, 0.05) is 10.4 Å². The molecule has 0 saturated heterocycles. The summed E-state index contributed by atoms with van der Waals surface area (Å²) in [5, 5.41) is 2.86. The number of benzene rings is 1. The number of nitrogens with one attached hydrogen (secondary N) is 1. The summed E-state index contributed by atoms with van der Waals surface area (Å²) in [6, 6.07) is 11.0. The first-order chi connectivity index (χ1) is 8.69. The second-order valence-corrected chi connectivity index (χ2v) is 5.61. The fraction of sp³-hybridized carbons (Fsp3) is 0.154. The summed E-state index contributed by atoms with van der Waals surface area (Å²) in [5.41, 5.74) is 0.594. The minimum Gasteiger partial charge on any atom is -0.497 e. The van der Waals surface area contributed by atoms with Gasteiger partial charge in [0.2, 0.25) is 0 Å². The van der Waals surface area contributed by atoms with Crippen molar-refractivity contribution in [1.29, 1.82) is 0 Å². The molecule has 0 aliphatic rings. The molecule has 3 nitrogen and oxygen atoms in total. The van der Waals surface area contributed by atoms with E-state index in [1.54, 1.807) is 36.6 Å². The predicted molar refractivity (Wildman–Crippen MR) is 75.7 cm³/mol. The van der Waals surface area contributed by atoms with Crippen molar-refractivity contribution in [1.82, 2.24) is 5.32 Å². The molecule has 0 aliphatic carbocycles. The lowest BCUT2D eigenvalue weighted by atomic mass is 10.2. The first-order valence-corrected chi connectivity index (χ1v) is 6.65. The van der Waals surface area contributed by atoms with Crippen molar-refractivity contribution >= 4 is 29.9 Å². The zero-order chi connectivity index (χ0) is 13.0. The third kappa shape index (κ3) is 3.27. The Morgan fingerprint density at radius 1 is 1.39 bits per heavy atom. The molecule has 94 valence electrons. The summed E-state index contributed by atoms with van der Waals surface area (Å²) in [7, 11) is 1.58. The van der Waals surface area contributed by atoms with Crippen molar-refractivity contribution in [2.24, 2.45) is 0 Å². The van der Waals surface area contributed by atoms with Crippen LogP contribution >= 0.6 is 24.0 Å². The maximum atomic E-state index is 11.9. The maximum Gasteiger partial charge on any atom is 0.251 e. The lowest BCUT2D eigenvalue weighted by Crippen LogP contribution is -2.22. The molecule has 1 N–H and O–H groups in total. The molecule has 2 aromatic rings. The molecule has 0 saturated carbocycles. The fourth-order valence-corrected chi connectivity index (χ4v) is 2.61. The minimum atomic E-state index is -0.108. The van der Waals surface area contributed by atoms with Gasteiger partial charge in [-0.05, 0) is 30.3 Å². The maximum absolute atomic E-state index is 11.9. The van der Waals surface area contributed by atoms with Gasteiger partial charge in [-0.2, -0.15) is 0 Å². The molecule has 0 unspecified atom stereocenters. The SMILES string of the molecule is COc1cccc(C(=O)NCc2ccc(S)s2)c1. The smallest absolute Gasteiger partial charge is 0.251 e. The largest absolute Gasteiger partial charge is 0.497 e. The van der Waals surface area contributed by atoms with Crippen molar-refractivity contribution in [3.05, 3.63) is 46.8 Å². The predicted octanol–water partition coefficient (Wildman–Crippen LogP) is 2.98. The van der Waals surface area contributed by atoms with E-state index in [0.29, 0.717) is 17.9 Å². The Morgan fingerprint density at radius 2 is 2.22 bits per heavy atom. The quantitative estimate of drug-likeness (QED) is 0.844. The third-order valence-electron chi connectivity index (χ3n) is 2.40. The summed E-state index contributed by atoms with van der Waals surface area (Å²) < 4.78 is 6.03. The van der Waals surface area contributed by atoms with Gasteiger partial charge >= 0.3 is 0 Å². The first-order valence-electron chi connectivity index (χ1n) is 5.39. The van der Waals surface area contributed by atoms with Crippen molar-refractivity contribution in [3.8, 4) is 5.75 Å². The molecule has 0 spiro atoms. The van der Waals surface area contributed by atoms with Crippen LogP contribution in [0.3, 0.4) is 0 Å². The van der Waals surface area contributed by atoms with Crippen molar-refractivity contribution in [3.63, 3.8) is 0 Å². The van der Waals surface area contributed by atoms with Crippen LogP contribution in [0.2, 0.25) is 0 Å². The summed E-state index contributed by atoms with van der Waals surface area (Å²) in [6.45, 7) is 0.515. The molecule has 2 rings (SSSR count). The number of hydrogen-bond donors (Lipinski definition) is 2. The normalized spacial score (nSPS) is 10.1. The van der Waals surface area contributed by atoms with Gasteiger partial charge in [0.1, 0.15) is 5.75 Å². The van der Waals surface area contributed by atoms with Gasteiger partial charge in [-0.3, -0.25) is 4.79 Å². The van der Waals surface area contributed by atoms with Crippen LogP contribution in [0.5, 0.6) is 5.75 Å². The summed E-state index contributed by atoms with van der Waals surface area (Å²) in [5.74, 6) is 0.569. The van der Waals surface area contributed by atoms with E-state index in [1.165, 1.54) is 0 Å². The van der Waals surface area contributed by atoms with Gasteiger partial charge in [-0.1, -0.05) is 6.07 Å². The van der Waals surface area contributed by atoms with Gasteiger partial charge in [-0.15, -0.1) is 24.0 Å². The van der Waals surface area contributed by atoms with Gasteiger partial charge in [0.15, 0.2) is 0 Å². The number of rotatable bonds is 4. The average molecular weight is 279 g/mol. The number of carbonyl (C=O) groups is 1. The number of hydrogen-bond acceptors (Lipinski definition) is 4. The highest BCUT2D eigenvalue weighted by Crippen LogP contribution is 2.19. The fourth-order valence-electron chi connectivity index (χ4n) is 1.50. The molecule has 0 atom stereocenters. The van der Waals surface area contributed by atoms with Crippen LogP contribution in [0, 0.1) is 0 Å². The van der Waals surface area contributed by atoms with E-state index in [0.717, 1.165) is 9.09 Å². The van der Waals surface area contributed by atoms with Gasteiger partial charge in [-0.25, -0.2) is 0 Å². The Labute approximate surface area is 115 Å². The molecule has 1 amide bonds. The highest BCUT2D eigenvalue weighted by molar-refractivity contribution is 7.82. The minimum absolute atomic E-state index is 0.108. The van der Waals surface area contributed by atoms with Crippen LogP contribution < -0.4 is 10.1 Å². The van der Waals surface area contributed by atoms with E-state index in [4.69, 9.17) is 4.74 Å². The third-order valence-corrected chi connectivity index (χ3v) is 3.71. The zero-order valence-corrected chi connectivity index (χ0v) is 11.6. The molecule has 1 aromatic heterocycles. The Morgan fingerprint density at radius 3 is 2.89 bits per heavy atom. The van der Waals surface area contributed by atoms with Crippen molar-refractivity contribution in [2.45, 2.75) is 10.8 Å². The number of methoxy groups -OCH3 is 1. The molecular formula is C13H13NO2S2. The number of carbonyl (C=O) groups excluding carboxylic acids is 1. The number of ether oxygens (including phenoxy) is 1. The Balaban J connectivity index is 1.99. The summed E-state index contributed by atoms with van der Waals surface area (Å²) in [6.07, 6.45) is 0. The van der Waals surface area contributed by atoms with E-state index >= 15 is 0 Å². The second-order valence-electron chi connectivity index (χ2n) is 3.65. The average Bonchev–Trinajstić information content (AvgIpc) is 2.82. The molecule has 0 radical (unpaired) electrons. The van der Waals surface area contributed by atoms with Crippen LogP contribution in [0.15, 0.2) is 40.6 Å². The molecule has 1 heterocycles. The van der Waals surface area contributed by atoms with E-state index in [1.807, 2.05) is 18.2 Å². The standard InChI is InChI=1S/C13H13NO2S2/c1-16-10-4-2-3-9(7-10)13(15)14-8-11-5-6-12(17)18-11/h2-7,17H,8H2,1H3,(H,14,15). The number of thiol groups is 1. The highest BCUT2D eigenvalue weighted by Gasteiger charge is 2.06. The summed E-state index contributed by atoms with van der Waals surface area (Å²) in [4.78, 5) is 13.0. The molecule has 5 heteroatoms. The zero-order valence-electron chi connectivity index (χ0n) is 9.84. The second kappa shape index (κ2) is 5.93. The lowest BCUT2D eigenvalue weighted by molar-refractivity contribution is 0.0951. The van der Waals surface area contributed by atoms with Gasteiger partial charge < -0.3 is 10.1 Å². The lowest BCUT2D eigenvalue weighted by Gasteiger charge is -2.05. The van der Waals surface area contributed by atoms with Crippen LogP contribution in [0.25, 0.3) is 0 Å². The van der Waals surface area contributed by atoms with E-state index in [2.05, 4.69) is 17.9 Å². The van der Waals surface area contributed by atoms with Crippen LogP contribution in [0.4, 0.5) is 0 Å². The molecule has 1 aromatic carbocycles. The number of amides is 1. The van der Waals surface area contributed by atoms with Crippen molar-refractivity contribution < 1.29 is 9.53 Å². The van der Waals surface area contributed by atoms with Gasteiger partial charge in [0.05, 0.1) is 17.9 Å². The van der Waals surface area contributed by atoms with E-state index in [-0.39, 0.29) is 5.91 Å². The van der Waals surface area contributed by atoms with Gasteiger partial charge in [0.25, 0.3) is 5.91 Å². The van der Waals surface area contributed by atoms with Crippen molar-refractivity contribution in [2.75, 3.05) is 7.11 Å². The van der Waals surface area contributed by atoms with Crippen LogP contribution in [-0.4, -0.2) is 13.0 Å². The Hall–Kier alpha value is -1.46. The van der Waals surface area contributed by atoms with E-state index in [9.17, 15) is 4.79 Å². The molecule has 0 aliphatic heterocycles.